The number of amides is 1. The number of hydrogen-bond donors (Lipinski definition) is 3. The Bertz CT molecular complexity index is 395. The minimum Gasteiger partial charge on any atom is -0.385 e. The van der Waals surface area contributed by atoms with Crippen molar-refractivity contribution in [3.05, 3.63) is 4.88 Å². The molecule has 0 fully saturated rings. The summed E-state index contributed by atoms with van der Waals surface area (Å²) in [5, 5.41) is 6.59. The van der Waals surface area contributed by atoms with Crippen LogP contribution in [0.3, 0.4) is 0 Å². The van der Waals surface area contributed by atoms with Gasteiger partial charge in [-0.1, -0.05) is 11.3 Å². The summed E-state index contributed by atoms with van der Waals surface area (Å²) in [6.45, 7) is 4.14. The van der Waals surface area contributed by atoms with Crippen molar-refractivity contribution in [1.29, 1.82) is 0 Å². The smallest absolute Gasteiger partial charge is 0.265 e. The molecular weight excluding hydrogens is 264 g/mol. The second-order valence-corrected chi connectivity index (χ2v) is 5.07. The average molecular weight is 286 g/mol. The highest BCUT2D eigenvalue weighted by molar-refractivity contribution is 7.18. The molecule has 0 aliphatic carbocycles. The van der Waals surface area contributed by atoms with E-state index >= 15 is 0 Å². The van der Waals surface area contributed by atoms with Crippen molar-refractivity contribution in [2.24, 2.45) is 0 Å². The largest absolute Gasteiger partial charge is 0.385 e. The van der Waals surface area contributed by atoms with E-state index in [0.717, 1.165) is 32.4 Å². The zero-order chi connectivity index (χ0) is 14.1. The predicted molar refractivity (Wildman–Crippen MR) is 78.8 cm³/mol. The Morgan fingerprint density at radius 1 is 1.42 bits per heavy atom. The molecule has 1 aromatic heterocycles. The van der Waals surface area contributed by atoms with Gasteiger partial charge in [0.25, 0.3) is 5.91 Å². The van der Waals surface area contributed by atoms with Gasteiger partial charge < -0.3 is 21.1 Å². The number of carbonyl (C=O) groups is 1. The predicted octanol–water partition coefficient (Wildman–Crippen LogP) is 1.70. The fraction of sp³-hybridized carbons (Fsp3) is 0.667. The molecule has 6 nitrogen and oxygen atoms in total. The minimum absolute atomic E-state index is 0.147. The van der Waals surface area contributed by atoms with Gasteiger partial charge in [-0.2, -0.15) is 0 Å². The Hall–Kier alpha value is -1.34. The van der Waals surface area contributed by atoms with Gasteiger partial charge in [-0.15, -0.1) is 0 Å². The second-order valence-electron chi connectivity index (χ2n) is 4.07. The van der Waals surface area contributed by atoms with Crippen LogP contribution < -0.4 is 16.4 Å². The molecule has 7 heteroatoms. The van der Waals surface area contributed by atoms with Crippen LogP contribution in [-0.2, 0) is 4.74 Å². The monoisotopic (exact) mass is 286 g/mol. The van der Waals surface area contributed by atoms with E-state index in [2.05, 4.69) is 15.6 Å². The summed E-state index contributed by atoms with van der Waals surface area (Å²) >= 11 is 1.28. The zero-order valence-electron chi connectivity index (χ0n) is 11.5. The van der Waals surface area contributed by atoms with Crippen molar-refractivity contribution in [1.82, 2.24) is 10.3 Å². The molecule has 1 rings (SSSR count). The topological polar surface area (TPSA) is 89.3 Å². The van der Waals surface area contributed by atoms with E-state index in [-0.39, 0.29) is 11.7 Å². The number of aromatic nitrogens is 1. The second kappa shape index (κ2) is 8.71. The zero-order valence-corrected chi connectivity index (χ0v) is 12.3. The summed E-state index contributed by atoms with van der Waals surface area (Å²) in [4.78, 5) is 16.5. The Balaban J connectivity index is 2.32. The standard InChI is InChI=1S/C12H22N4O2S/c1-3-14-12-16-10(13)9(19-12)11(17)15-7-5-4-6-8-18-2/h3-8,13H2,1-2H3,(H,14,16)(H,15,17). The summed E-state index contributed by atoms with van der Waals surface area (Å²) < 4.78 is 4.96. The first-order chi connectivity index (χ1) is 9.19. The Labute approximate surface area is 117 Å². The van der Waals surface area contributed by atoms with Crippen molar-refractivity contribution < 1.29 is 9.53 Å². The van der Waals surface area contributed by atoms with Gasteiger partial charge in [0.2, 0.25) is 0 Å². The van der Waals surface area contributed by atoms with Gasteiger partial charge in [0, 0.05) is 26.8 Å². The number of nitrogens with zero attached hydrogens (tertiary/aromatic N) is 1. The number of nitrogen functional groups attached to an aromatic ring is 1. The summed E-state index contributed by atoms with van der Waals surface area (Å²) in [6, 6.07) is 0. The molecule has 0 unspecified atom stereocenters. The highest BCUT2D eigenvalue weighted by Crippen LogP contribution is 2.24. The number of nitrogens with one attached hydrogen (secondary N) is 2. The number of carbonyl (C=O) groups excluding carboxylic acids is 1. The number of nitrogens with two attached hydrogens (primary N) is 1. The minimum atomic E-state index is -0.147. The van der Waals surface area contributed by atoms with Crippen molar-refractivity contribution >= 4 is 28.2 Å². The lowest BCUT2D eigenvalue weighted by Gasteiger charge is -2.03. The van der Waals surface area contributed by atoms with Crippen LogP contribution in [0.2, 0.25) is 0 Å². The molecule has 0 atom stereocenters. The highest BCUT2D eigenvalue weighted by atomic mass is 32.1. The van der Waals surface area contributed by atoms with E-state index in [9.17, 15) is 4.79 Å². The maximum absolute atomic E-state index is 11.9. The lowest BCUT2D eigenvalue weighted by Crippen LogP contribution is -2.24. The van der Waals surface area contributed by atoms with E-state index in [1.165, 1.54) is 11.3 Å². The highest BCUT2D eigenvalue weighted by Gasteiger charge is 2.15. The van der Waals surface area contributed by atoms with E-state index in [0.29, 0.717) is 16.6 Å². The first-order valence-electron chi connectivity index (χ1n) is 6.46. The molecule has 1 amide bonds. The van der Waals surface area contributed by atoms with Gasteiger partial charge in [0.1, 0.15) is 10.7 Å². The van der Waals surface area contributed by atoms with Crippen LogP contribution in [0, 0.1) is 0 Å². The van der Waals surface area contributed by atoms with E-state index in [1.54, 1.807) is 7.11 Å². The van der Waals surface area contributed by atoms with Crippen LogP contribution >= 0.6 is 11.3 Å². The van der Waals surface area contributed by atoms with Crippen molar-refractivity contribution in [2.45, 2.75) is 26.2 Å². The SMILES string of the molecule is CCNc1nc(N)c(C(=O)NCCCCCOC)s1. The lowest BCUT2D eigenvalue weighted by molar-refractivity contribution is 0.0957. The number of rotatable bonds is 9. The fourth-order valence-electron chi connectivity index (χ4n) is 1.55. The average Bonchev–Trinajstić information content (AvgIpc) is 2.75. The number of ether oxygens (including phenoxy) is 1. The van der Waals surface area contributed by atoms with Crippen molar-refractivity contribution in [2.75, 3.05) is 37.9 Å². The molecule has 4 N–H and O–H groups in total. The van der Waals surface area contributed by atoms with Crippen LogP contribution in [0.5, 0.6) is 0 Å². The van der Waals surface area contributed by atoms with E-state index in [4.69, 9.17) is 10.5 Å². The molecule has 0 spiro atoms. The molecule has 0 radical (unpaired) electrons. The molecule has 0 aliphatic rings. The first-order valence-corrected chi connectivity index (χ1v) is 7.28. The molecule has 0 bridgehead atoms. The number of anilines is 2. The Kier molecular flexibility index (Phi) is 7.20. The molecule has 19 heavy (non-hydrogen) atoms. The third-order valence-corrected chi connectivity index (χ3v) is 3.53. The normalized spacial score (nSPS) is 10.4. The summed E-state index contributed by atoms with van der Waals surface area (Å²) in [7, 11) is 1.69. The van der Waals surface area contributed by atoms with Crippen LogP contribution in [0.4, 0.5) is 10.9 Å². The van der Waals surface area contributed by atoms with Crippen LogP contribution in [0.25, 0.3) is 0 Å². The van der Waals surface area contributed by atoms with Crippen molar-refractivity contribution in [3.63, 3.8) is 0 Å². The Morgan fingerprint density at radius 2 is 2.21 bits per heavy atom. The molecule has 1 heterocycles. The third kappa shape index (κ3) is 5.44. The molecule has 1 aromatic rings. The van der Waals surface area contributed by atoms with Crippen LogP contribution in [0.1, 0.15) is 35.9 Å². The van der Waals surface area contributed by atoms with E-state index < -0.39 is 0 Å². The quantitative estimate of drug-likeness (QED) is 0.601. The number of methoxy groups -OCH3 is 1. The lowest BCUT2D eigenvalue weighted by atomic mass is 10.2. The molecule has 0 aromatic carbocycles. The van der Waals surface area contributed by atoms with Crippen LogP contribution in [0.15, 0.2) is 0 Å². The first kappa shape index (κ1) is 15.7. The fourth-order valence-corrected chi connectivity index (χ4v) is 2.42. The van der Waals surface area contributed by atoms with Gasteiger partial charge in [-0.05, 0) is 26.2 Å². The summed E-state index contributed by atoms with van der Waals surface area (Å²) in [5.41, 5.74) is 5.72. The molecule has 0 saturated carbocycles. The maximum Gasteiger partial charge on any atom is 0.265 e. The Morgan fingerprint density at radius 3 is 2.89 bits per heavy atom. The number of hydrogen-bond acceptors (Lipinski definition) is 6. The van der Waals surface area contributed by atoms with Gasteiger partial charge in [0.15, 0.2) is 5.13 Å². The van der Waals surface area contributed by atoms with Gasteiger partial charge in [0.05, 0.1) is 0 Å². The number of unbranched alkanes of at least 4 members (excludes halogenated alkanes) is 2. The van der Waals surface area contributed by atoms with Gasteiger partial charge >= 0.3 is 0 Å². The number of thiazole rings is 1. The summed E-state index contributed by atoms with van der Waals surface area (Å²) in [5.74, 6) is 0.142. The van der Waals surface area contributed by atoms with Crippen LogP contribution in [-0.4, -0.2) is 37.7 Å². The molecule has 0 aliphatic heterocycles. The van der Waals surface area contributed by atoms with Crippen molar-refractivity contribution in [3.8, 4) is 0 Å². The third-order valence-electron chi connectivity index (χ3n) is 2.50. The van der Waals surface area contributed by atoms with Gasteiger partial charge in [-0.3, -0.25) is 4.79 Å². The summed E-state index contributed by atoms with van der Waals surface area (Å²) in [6.07, 6.45) is 2.99. The molecule has 0 saturated heterocycles. The molecular formula is C12H22N4O2S. The maximum atomic E-state index is 11.9. The molecule has 108 valence electrons. The van der Waals surface area contributed by atoms with E-state index in [1.807, 2.05) is 6.92 Å². The van der Waals surface area contributed by atoms with Gasteiger partial charge in [-0.25, -0.2) is 4.98 Å².